The van der Waals surface area contributed by atoms with Crippen molar-refractivity contribution in [2.45, 2.75) is 52.1 Å². The van der Waals surface area contributed by atoms with Crippen LogP contribution in [0, 0.1) is 0 Å². The fourth-order valence-electron chi connectivity index (χ4n) is 3.16. The predicted octanol–water partition coefficient (Wildman–Crippen LogP) is 5.26. The summed E-state index contributed by atoms with van der Waals surface area (Å²) < 4.78 is 0. The van der Waals surface area contributed by atoms with E-state index < -0.39 is 6.04 Å². The Hall–Kier alpha value is -2.04. The lowest BCUT2D eigenvalue weighted by Crippen LogP contribution is -2.49. The Morgan fingerprint density at radius 3 is 2.48 bits per heavy atom. The Morgan fingerprint density at radius 1 is 1.07 bits per heavy atom. The molecule has 2 aromatic carbocycles. The van der Waals surface area contributed by atoms with Crippen LogP contribution in [0.3, 0.4) is 0 Å². The van der Waals surface area contributed by atoms with Gasteiger partial charge in [0.25, 0.3) is 0 Å². The predicted molar refractivity (Wildman–Crippen MR) is 119 cm³/mol. The Morgan fingerprint density at radius 2 is 1.83 bits per heavy atom. The second-order valence-electron chi connectivity index (χ2n) is 6.99. The van der Waals surface area contributed by atoms with Crippen LogP contribution in [0.25, 0.3) is 0 Å². The van der Waals surface area contributed by atoms with Gasteiger partial charge in [0.05, 0.1) is 6.42 Å². The van der Waals surface area contributed by atoms with Crippen LogP contribution in [0.15, 0.2) is 48.5 Å². The zero-order valence-electron chi connectivity index (χ0n) is 17.0. The molecule has 4 nitrogen and oxygen atoms in total. The summed E-state index contributed by atoms with van der Waals surface area (Å²) in [5.74, 6) is -0.267. The average Bonchev–Trinajstić information content (AvgIpc) is 2.69. The molecule has 1 N–H and O–H groups in total. The highest BCUT2D eigenvalue weighted by atomic mass is 35.5. The number of carbonyl (C=O) groups is 2. The molecule has 0 bridgehead atoms. The van der Waals surface area contributed by atoms with Crippen molar-refractivity contribution < 1.29 is 9.59 Å². The van der Waals surface area contributed by atoms with E-state index in [1.807, 2.05) is 37.3 Å². The normalized spacial score (nSPS) is 11.7. The number of halogens is 2. The first-order valence-electron chi connectivity index (χ1n) is 10.0. The van der Waals surface area contributed by atoms with Crippen molar-refractivity contribution in [1.29, 1.82) is 0 Å². The van der Waals surface area contributed by atoms with Gasteiger partial charge in [-0.2, -0.15) is 0 Å². The maximum absolute atomic E-state index is 13.2. The topological polar surface area (TPSA) is 49.4 Å². The minimum absolute atomic E-state index is 0.132. The van der Waals surface area contributed by atoms with Gasteiger partial charge in [0.15, 0.2) is 0 Å². The van der Waals surface area contributed by atoms with Crippen molar-refractivity contribution in [2.75, 3.05) is 6.54 Å². The summed E-state index contributed by atoms with van der Waals surface area (Å²) in [5.41, 5.74) is 1.63. The molecular formula is C23H28Cl2N2O2. The number of benzene rings is 2. The smallest absolute Gasteiger partial charge is 0.242 e. The summed E-state index contributed by atoms with van der Waals surface area (Å²) in [5, 5.41) is 4.12. The molecule has 0 aromatic heterocycles. The molecule has 156 valence electrons. The zero-order chi connectivity index (χ0) is 21.2. The number of nitrogens with one attached hydrogen (secondary N) is 1. The van der Waals surface area contributed by atoms with Crippen LogP contribution in [-0.2, 0) is 22.6 Å². The highest BCUT2D eigenvalue weighted by molar-refractivity contribution is 6.31. The lowest BCUT2D eigenvalue weighted by atomic mass is 10.1. The Labute approximate surface area is 183 Å². The van der Waals surface area contributed by atoms with Gasteiger partial charge >= 0.3 is 0 Å². The lowest BCUT2D eigenvalue weighted by Gasteiger charge is -2.31. The van der Waals surface area contributed by atoms with Crippen LogP contribution < -0.4 is 5.32 Å². The summed E-state index contributed by atoms with van der Waals surface area (Å²) in [6.07, 6.45) is 2.59. The van der Waals surface area contributed by atoms with Crippen LogP contribution in [0.1, 0.15) is 44.2 Å². The van der Waals surface area contributed by atoms with E-state index in [4.69, 9.17) is 23.2 Å². The van der Waals surface area contributed by atoms with E-state index in [9.17, 15) is 9.59 Å². The fraction of sp³-hybridized carbons (Fsp3) is 0.391. The van der Waals surface area contributed by atoms with E-state index in [2.05, 4.69) is 12.2 Å². The van der Waals surface area contributed by atoms with Crippen molar-refractivity contribution in [3.63, 3.8) is 0 Å². The molecule has 0 spiro atoms. The number of rotatable bonds is 10. The number of hydrogen-bond acceptors (Lipinski definition) is 2. The highest BCUT2D eigenvalue weighted by Crippen LogP contribution is 2.21. The Kier molecular flexibility index (Phi) is 9.49. The van der Waals surface area contributed by atoms with Gasteiger partial charge in [-0.15, -0.1) is 0 Å². The molecule has 2 aromatic rings. The second-order valence-corrected chi connectivity index (χ2v) is 7.83. The molecule has 0 saturated carbocycles. The summed E-state index contributed by atoms with van der Waals surface area (Å²) in [6.45, 7) is 4.87. The van der Waals surface area contributed by atoms with Gasteiger partial charge in [-0.25, -0.2) is 0 Å². The highest BCUT2D eigenvalue weighted by Gasteiger charge is 2.28. The zero-order valence-corrected chi connectivity index (χ0v) is 18.5. The molecule has 0 saturated heterocycles. The van der Waals surface area contributed by atoms with E-state index in [1.54, 1.807) is 23.1 Å². The van der Waals surface area contributed by atoms with E-state index >= 15 is 0 Å². The van der Waals surface area contributed by atoms with Crippen molar-refractivity contribution >= 4 is 35.0 Å². The van der Waals surface area contributed by atoms with Crippen molar-refractivity contribution in [2.24, 2.45) is 0 Å². The van der Waals surface area contributed by atoms with Gasteiger partial charge in [-0.05, 0) is 42.2 Å². The van der Waals surface area contributed by atoms with Crippen molar-refractivity contribution in [3.8, 4) is 0 Å². The maximum Gasteiger partial charge on any atom is 0.242 e. The van der Waals surface area contributed by atoms with Crippen molar-refractivity contribution in [1.82, 2.24) is 10.2 Å². The minimum atomic E-state index is -0.560. The summed E-state index contributed by atoms with van der Waals surface area (Å²) >= 11 is 12.4. The second kappa shape index (κ2) is 11.8. The van der Waals surface area contributed by atoms with Gasteiger partial charge in [0.1, 0.15) is 6.04 Å². The molecule has 2 rings (SSSR count). The standard InChI is InChI=1S/C23H28Cl2N2O2/c1-3-5-13-26-23(29)21(4-2)27(16-18-10-6-7-12-20(18)25)22(28)15-17-9-8-11-19(24)14-17/h6-12,14,21H,3-5,13,15-16H2,1-2H3,(H,26,29)/t21-/m0/s1. The molecule has 29 heavy (non-hydrogen) atoms. The molecule has 0 radical (unpaired) electrons. The largest absolute Gasteiger partial charge is 0.354 e. The van der Waals surface area contributed by atoms with E-state index in [1.165, 1.54) is 0 Å². The Balaban J connectivity index is 2.26. The maximum atomic E-state index is 13.2. The van der Waals surface area contributed by atoms with Gasteiger partial charge < -0.3 is 10.2 Å². The molecule has 0 fully saturated rings. The number of unbranched alkanes of at least 4 members (excludes halogenated alkanes) is 1. The van der Waals surface area contributed by atoms with Crippen LogP contribution in [0.5, 0.6) is 0 Å². The van der Waals surface area contributed by atoms with E-state index in [0.717, 1.165) is 24.0 Å². The molecule has 0 aliphatic carbocycles. The first kappa shape index (κ1) is 23.2. The summed E-state index contributed by atoms with van der Waals surface area (Å²) in [4.78, 5) is 27.7. The minimum Gasteiger partial charge on any atom is -0.354 e. The number of nitrogens with zero attached hydrogens (tertiary/aromatic N) is 1. The third kappa shape index (κ3) is 7.06. The van der Waals surface area contributed by atoms with Crippen LogP contribution in [0.4, 0.5) is 0 Å². The summed E-state index contributed by atoms with van der Waals surface area (Å²) in [7, 11) is 0. The lowest BCUT2D eigenvalue weighted by molar-refractivity contribution is -0.140. The molecule has 2 amide bonds. The SMILES string of the molecule is CCCCNC(=O)[C@H](CC)N(Cc1ccccc1Cl)C(=O)Cc1cccc(Cl)c1. The van der Waals surface area contributed by atoms with Gasteiger partial charge in [0.2, 0.25) is 11.8 Å². The van der Waals surface area contributed by atoms with Crippen molar-refractivity contribution in [3.05, 3.63) is 69.7 Å². The van der Waals surface area contributed by atoms with Crippen LogP contribution in [-0.4, -0.2) is 29.3 Å². The average molecular weight is 435 g/mol. The van der Waals surface area contributed by atoms with Crippen LogP contribution >= 0.6 is 23.2 Å². The molecule has 1 atom stereocenters. The number of hydrogen-bond donors (Lipinski definition) is 1. The fourth-order valence-corrected chi connectivity index (χ4v) is 3.57. The van der Waals surface area contributed by atoms with Gasteiger partial charge in [-0.1, -0.05) is 73.8 Å². The molecule has 0 heterocycles. The first-order valence-corrected chi connectivity index (χ1v) is 10.8. The first-order chi connectivity index (χ1) is 14.0. The third-order valence-corrected chi connectivity index (χ3v) is 5.36. The molecule has 0 unspecified atom stereocenters. The van der Waals surface area contributed by atoms with Gasteiger partial charge in [-0.3, -0.25) is 9.59 Å². The quantitative estimate of drug-likeness (QED) is 0.518. The number of amides is 2. The van der Waals surface area contributed by atoms with E-state index in [0.29, 0.717) is 23.0 Å². The number of carbonyl (C=O) groups excluding carboxylic acids is 2. The molecule has 0 aliphatic heterocycles. The third-order valence-electron chi connectivity index (χ3n) is 4.76. The molecule has 6 heteroatoms. The monoisotopic (exact) mass is 434 g/mol. The van der Waals surface area contributed by atoms with Crippen LogP contribution in [0.2, 0.25) is 10.0 Å². The van der Waals surface area contributed by atoms with Gasteiger partial charge in [0, 0.05) is 23.1 Å². The molecule has 0 aliphatic rings. The Bertz CT molecular complexity index is 826. The molecular weight excluding hydrogens is 407 g/mol. The van der Waals surface area contributed by atoms with E-state index in [-0.39, 0.29) is 24.8 Å². The summed E-state index contributed by atoms with van der Waals surface area (Å²) in [6, 6.07) is 14.1.